The molecule has 4 rings (SSSR count). The number of nitrogens with two attached hydrogens (primary N) is 1. The molecule has 0 spiro atoms. The van der Waals surface area contributed by atoms with E-state index in [2.05, 4.69) is 21.6 Å². The van der Waals surface area contributed by atoms with Gasteiger partial charge in [0, 0.05) is 11.1 Å². The summed E-state index contributed by atoms with van der Waals surface area (Å²) in [5.41, 5.74) is 10.0. The van der Waals surface area contributed by atoms with Crippen molar-refractivity contribution in [2.24, 2.45) is 5.73 Å². The lowest BCUT2D eigenvalue weighted by atomic mass is 10.0. The maximum absolute atomic E-state index is 12.1. The lowest BCUT2D eigenvalue weighted by Gasteiger charge is -2.17. The quantitative estimate of drug-likeness (QED) is 0.490. The molecule has 2 aromatic carbocycles. The van der Waals surface area contributed by atoms with Gasteiger partial charge in [-0.1, -0.05) is 29.5 Å². The number of nitrogens with zero attached hydrogens (tertiary/aromatic N) is 3. The number of carbonyl (C=O) groups excluding carboxylic acids is 1. The van der Waals surface area contributed by atoms with Crippen LogP contribution in [-0.4, -0.2) is 40.0 Å². The highest BCUT2D eigenvalue weighted by Crippen LogP contribution is 2.40. The number of aromatic nitrogens is 2. The second-order valence-electron chi connectivity index (χ2n) is 8.16. The van der Waals surface area contributed by atoms with E-state index in [4.69, 9.17) is 15.6 Å². The minimum Gasteiger partial charge on any atom is -0.490 e. The third-order valence-corrected chi connectivity index (χ3v) is 6.49. The van der Waals surface area contributed by atoms with E-state index >= 15 is 0 Å². The number of amides is 1. The molecule has 4 N–H and O–H groups in total. The third kappa shape index (κ3) is 4.73. The van der Waals surface area contributed by atoms with Crippen molar-refractivity contribution in [1.82, 2.24) is 15.5 Å². The smallest absolute Gasteiger partial charge is 0.239 e. The number of hydrogen-bond donors (Lipinski definition) is 3. The lowest BCUT2D eigenvalue weighted by molar-refractivity contribution is -0.123. The minimum absolute atomic E-state index is 0.0238. The van der Waals surface area contributed by atoms with Crippen molar-refractivity contribution in [1.29, 1.82) is 5.26 Å². The molecule has 8 nitrogen and oxygen atoms in total. The topological polar surface area (TPSA) is 134 Å². The van der Waals surface area contributed by atoms with Crippen molar-refractivity contribution in [2.75, 3.05) is 6.61 Å². The molecule has 170 valence electrons. The maximum Gasteiger partial charge on any atom is 0.239 e. The highest BCUT2D eigenvalue weighted by Gasteiger charge is 2.28. The van der Waals surface area contributed by atoms with E-state index in [1.54, 1.807) is 12.1 Å². The van der Waals surface area contributed by atoms with Gasteiger partial charge < -0.3 is 20.9 Å². The van der Waals surface area contributed by atoms with Gasteiger partial charge in [-0.25, -0.2) is 0 Å². The van der Waals surface area contributed by atoms with Gasteiger partial charge in [-0.3, -0.25) is 4.79 Å². The molecule has 33 heavy (non-hydrogen) atoms. The number of benzene rings is 2. The molecule has 0 radical (unpaired) electrons. The number of ether oxygens (including phenoxy) is 1. The van der Waals surface area contributed by atoms with Crippen LogP contribution in [0, 0.1) is 11.3 Å². The van der Waals surface area contributed by atoms with Crippen LogP contribution in [0.1, 0.15) is 43.0 Å². The zero-order valence-corrected chi connectivity index (χ0v) is 19.2. The molecule has 1 heterocycles. The molecule has 0 unspecified atom stereocenters. The van der Waals surface area contributed by atoms with E-state index in [9.17, 15) is 10.1 Å². The molecule has 1 aliphatic carbocycles. The van der Waals surface area contributed by atoms with E-state index in [0.717, 1.165) is 40.1 Å². The van der Waals surface area contributed by atoms with Crippen LogP contribution in [0.25, 0.3) is 21.1 Å². The van der Waals surface area contributed by atoms with Crippen LogP contribution in [0.4, 0.5) is 0 Å². The SMILES string of the molecule is CC(C)Oc1ccc(-c2nnc(-c3cccc4c3CC[C@H]4NC(=O)[C@H](N)CO)s2)cc1C#N. The molecule has 9 heteroatoms. The Morgan fingerprint density at radius 3 is 2.85 bits per heavy atom. The van der Waals surface area contributed by atoms with Crippen molar-refractivity contribution in [3.8, 4) is 33.0 Å². The molecular weight excluding hydrogens is 438 g/mol. The Labute approximate surface area is 196 Å². The van der Waals surface area contributed by atoms with Gasteiger partial charge in [0.1, 0.15) is 27.9 Å². The predicted octanol–water partition coefficient (Wildman–Crippen LogP) is 2.95. The lowest BCUT2D eigenvalue weighted by Crippen LogP contribution is -2.44. The predicted molar refractivity (Wildman–Crippen MR) is 126 cm³/mol. The molecule has 0 fully saturated rings. The summed E-state index contributed by atoms with van der Waals surface area (Å²) in [7, 11) is 0. The van der Waals surface area contributed by atoms with Crippen LogP contribution in [0.5, 0.6) is 5.75 Å². The number of fused-ring (bicyclic) bond motifs is 1. The van der Waals surface area contributed by atoms with Crippen LogP contribution in [0.15, 0.2) is 36.4 Å². The molecule has 1 amide bonds. The number of rotatable bonds is 7. The Bertz CT molecular complexity index is 1220. The summed E-state index contributed by atoms with van der Waals surface area (Å²) in [4.78, 5) is 12.1. The second kappa shape index (κ2) is 9.67. The molecule has 1 aromatic heterocycles. The fourth-order valence-corrected chi connectivity index (χ4v) is 4.81. The molecule has 0 saturated carbocycles. The summed E-state index contributed by atoms with van der Waals surface area (Å²) in [5.74, 6) is 0.188. The normalized spacial score (nSPS) is 15.7. The van der Waals surface area contributed by atoms with Crippen molar-refractivity contribution in [2.45, 2.75) is 44.9 Å². The van der Waals surface area contributed by atoms with Gasteiger partial charge in [0.2, 0.25) is 5.91 Å². The highest BCUT2D eigenvalue weighted by molar-refractivity contribution is 7.17. The molecule has 3 aromatic rings. The Morgan fingerprint density at radius 2 is 2.12 bits per heavy atom. The standard InChI is InChI=1S/C24H25N5O3S/c1-13(2)32-21-9-6-14(10-15(21)11-25)23-28-29-24(33-23)18-5-3-4-17-16(18)7-8-20(17)27-22(31)19(26)12-30/h3-6,9-10,13,19-20,30H,7-8,12,26H2,1-2H3,(H,27,31)/t19-,20-/m1/s1. The average molecular weight is 464 g/mol. The largest absolute Gasteiger partial charge is 0.490 e. The van der Waals surface area contributed by atoms with E-state index in [1.165, 1.54) is 11.3 Å². The number of nitrogens with one attached hydrogen (secondary N) is 1. The third-order valence-electron chi connectivity index (χ3n) is 5.49. The van der Waals surface area contributed by atoms with E-state index in [1.807, 2.05) is 38.1 Å². The summed E-state index contributed by atoms with van der Waals surface area (Å²) in [5, 5.41) is 31.8. The minimum atomic E-state index is -0.932. The van der Waals surface area contributed by atoms with Gasteiger partial charge in [0.15, 0.2) is 0 Å². The zero-order valence-electron chi connectivity index (χ0n) is 18.4. The van der Waals surface area contributed by atoms with Crippen LogP contribution in [0.3, 0.4) is 0 Å². The van der Waals surface area contributed by atoms with Gasteiger partial charge in [-0.15, -0.1) is 10.2 Å². The summed E-state index contributed by atoms with van der Waals surface area (Å²) >= 11 is 1.45. The first-order valence-corrected chi connectivity index (χ1v) is 11.6. The number of nitriles is 1. The highest BCUT2D eigenvalue weighted by atomic mass is 32.1. The Morgan fingerprint density at radius 1 is 1.33 bits per heavy atom. The molecule has 2 atom stereocenters. The number of aliphatic hydroxyl groups is 1. The van der Waals surface area contributed by atoms with Gasteiger partial charge in [0.25, 0.3) is 0 Å². The van der Waals surface area contributed by atoms with Crippen molar-refractivity contribution < 1.29 is 14.6 Å². The molecule has 0 aliphatic heterocycles. The second-order valence-corrected chi connectivity index (χ2v) is 9.14. The monoisotopic (exact) mass is 463 g/mol. The van der Waals surface area contributed by atoms with E-state index < -0.39 is 12.6 Å². The fraction of sp³-hybridized carbons (Fsp3) is 0.333. The number of hydrogen-bond acceptors (Lipinski definition) is 8. The number of aliphatic hydroxyl groups excluding tert-OH is 1. The summed E-state index contributed by atoms with van der Waals surface area (Å²) < 4.78 is 5.70. The van der Waals surface area contributed by atoms with E-state index in [0.29, 0.717) is 16.3 Å². The Balaban J connectivity index is 1.61. The summed E-state index contributed by atoms with van der Waals surface area (Å²) in [6.07, 6.45) is 1.52. The van der Waals surface area contributed by atoms with E-state index in [-0.39, 0.29) is 18.1 Å². The first kappa shape index (κ1) is 22.9. The average Bonchev–Trinajstić information content (AvgIpc) is 3.46. The number of carbonyl (C=O) groups is 1. The first-order chi connectivity index (χ1) is 15.9. The van der Waals surface area contributed by atoms with Gasteiger partial charge >= 0.3 is 0 Å². The molecule has 0 saturated heterocycles. The van der Waals surface area contributed by atoms with Gasteiger partial charge in [-0.2, -0.15) is 5.26 Å². The van der Waals surface area contributed by atoms with Crippen molar-refractivity contribution in [3.05, 3.63) is 53.1 Å². The van der Waals surface area contributed by atoms with Gasteiger partial charge in [0.05, 0.1) is 24.3 Å². The molecule has 0 bridgehead atoms. The Hall–Kier alpha value is -3.32. The first-order valence-electron chi connectivity index (χ1n) is 10.7. The zero-order chi connectivity index (χ0) is 23.5. The Kier molecular flexibility index (Phi) is 6.70. The molecular formula is C24H25N5O3S. The maximum atomic E-state index is 12.1. The van der Waals surface area contributed by atoms with Crippen LogP contribution < -0.4 is 15.8 Å². The van der Waals surface area contributed by atoms with Crippen LogP contribution in [-0.2, 0) is 11.2 Å². The van der Waals surface area contributed by atoms with Gasteiger partial charge in [-0.05, 0) is 56.0 Å². The fourth-order valence-electron chi connectivity index (χ4n) is 3.92. The molecule has 1 aliphatic rings. The summed E-state index contributed by atoms with van der Waals surface area (Å²) in [6.45, 7) is 3.44. The van der Waals surface area contributed by atoms with Crippen LogP contribution >= 0.6 is 11.3 Å². The van der Waals surface area contributed by atoms with Crippen molar-refractivity contribution in [3.63, 3.8) is 0 Å². The summed E-state index contributed by atoms with van der Waals surface area (Å²) in [6, 6.07) is 12.5. The van der Waals surface area contributed by atoms with Crippen LogP contribution in [0.2, 0.25) is 0 Å². The van der Waals surface area contributed by atoms with Crippen molar-refractivity contribution >= 4 is 17.2 Å².